The third-order valence-electron chi connectivity index (χ3n) is 4.87. The van der Waals surface area contributed by atoms with Crippen molar-refractivity contribution in [1.29, 1.82) is 0 Å². The van der Waals surface area contributed by atoms with Gasteiger partial charge in [-0.3, -0.25) is 4.79 Å². The molecule has 2 aromatic rings. The number of nitrogens with one attached hydrogen (secondary N) is 1. The van der Waals surface area contributed by atoms with E-state index in [1.807, 2.05) is 24.8 Å². The molecule has 1 fully saturated rings. The van der Waals surface area contributed by atoms with Crippen LogP contribution in [-0.4, -0.2) is 33.5 Å². The van der Waals surface area contributed by atoms with E-state index in [1.54, 1.807) is 18.4 Å². The Hall–Kier alpha value is -2.01. The minimum Gasteiger partial charge on any atom is -0.467 e. The first-order valence-electron chi connectivity index (χ1n) is 8.75. The second kappa shape index (κ2) is 7.26. The summed E-state index contributed by atoms with van der Waals surface area (Å²) in [5, 5.41) is 10.4. The number of aliphatic hydroxyl groups excluding tert-OH is 1. The van der Waals surface area contributed by atoms with Gasteiger partial charge in [-0.25, -0.2) is 0 Å². The summed E-state index contributed by atoms with van der Waals surface area (Å²) in [6.45, 7) is 4.66. The number of aromatic amines is 1. The van der Waals surface area contributed by atoms with Gasteiger partial charge in [-0.1, -0.05) is 12.8 Å². The van der Waals surface area contributed by atoms with E-state index in [0.29, 0.717) is 17.9 Å². The van der Waals surface area contributed by atoms with E-state index >= 15 is 0 Å². The summed E-state index contributed by atoms with van der Waals surface area (Å²) in [5.74, 6) is 0.609. The quantitative estimate of drug-likeness (QED) is 0.897. The first-order valence-corrected chi connectivity index (χ1v) is 8.75. The maximum absolute atomic E-state index is 13.1. The minimum absolute atomic E-state index is 0.0307. The van der Waals surface area contributed by atoms with Gasteiger partial charge in [0, 0.05) is 24.7 Å². The van der Waals surface area contributed by atoms with Gasteiger partial charge in [0.1, 0.15) is 17.6 Å². The molecular weight excluding hydrogens is 304 g/mol. The smallest absolute Gasteiger partial charge is 0.270 e. The molecule has 2 aromatic heterocycles. The van der Waals surface area contributed by atoms with Crippen molar-refractivity contribution in [2.75, 3.05) is 6.54 Å². The summed E-state index contributed by atoms with van der Waals surface area (Å²) in [6.07, 6.45) is 5.55. The highest BCUT2D eigenvalue weighted by Gasteiger charge is 2.30. The van der Waals surface area contributed by atoms with E-state index < -0.39 is 6.10 Å². The van der Waals surface area contributed by atoms with E-state index in [1.165, 1.54) is 0 Å². The number of likely N-dealkylation sites (tertiary alicyclic amines) is 1. The number of furan rings is 1. The Morgan fingerprint density at radius 1 is 1.42 bits per heavy atom. The van der Waals surface area contributed by atoms with Gasteiger partial charge in [0.2, 0.25) is 0 Å². The molecule has 3 rings (SSSR count). The van der Waals surface area contributed by atoms with Crippen molar-refractivity contribution < 1.29 is 14.3 Å². The van der Waals surface area contributed by atoms with E-state index in [4.69, 9.17) is 4.42 Å². The summed E-state index contributed by atoms with van der Waals surface area (Å²) in [6, 6.07) is 5.59. The number of H-pyrrole nitrogens is 1. The molecule has 0 aliphatic carbocycles. The Balaban J connectivity index is 1.79. The lowest BCUT2D eigenvalue weighted by Crippen LogP contribution is -2.41. The first kappa shape index (κ1) is 16.8. The Kier molecular flexibility index (Phi) is 5.09. The average molecular weight is 330 g/mol. The van der Waals surface area contributed by atoms with Crippen LogP contribution in [0.1, 0.15) is 65.7 Å². The second-order valence-corrected chi connectivity index (χ2v) is 6.78. The van der Waals surface area contributed by atoms with Crippen LogP contribution in [0.5, 0.6) is 0 Å². The SMILES string of the molecule is Cc1cc(C)c(C(=O)N2CCCCC[C@@H]2C[C@@H](O)c2ccco2)[nH]1. The molecule has 1 saturated heterocycles. The van der Waals surface area contributed by atoms with Gasteiger partial charge in [-0.2, -0.15) is 0 Å². The molecule has 0 saturated carbocycles. The van der Waals surface area contributed by atoms with Gasteiger partial charge in [0.25, 0.3) is 5.91 Å². The number of carbonyl (C=O) groups excluding carboxylic acids is 1. The van der Waals surface area contributed by atoms with Crippen LogP contribution in [0.15, 0.2) is 28.9 Å². The third kappa shape index (κ3) is 3.56. The van der Waals surface area contributed by atoms with Crippen LogP contribution < -0.4 is 0 Å². The number of aromatic nitrogens is 1. The van der Waals surface area contributed by atoms with Gasteiger partial charge in [-0.15, -0.1) is 0 Å². The molecule has 2 N–H and O–H groups in total. The second-order valence-electron chi connectivity index (χ2n) is 6.78. The van der Waals surface area contributed by atoms with Gasteiger partial charge in [0.15, 0.2) is 0 Å². The van der Waals surface area contributed by atoms with Crippen LogP contribution in [0.3, 0.4) is 0 Å². The Morgan fingerprint density at radius 3 is 2.92 bits per heavy atom. The van der Waals surface area contributed by atoms with E-state index in [-0.39, 0.29) is 11.9 Å². The fraction of sp³-hybridized carbons (Fsp3) is 0.526. The number of hydrogen-bond acceptors (Lipinski definition) is 3. The third-order valence-corrected chi connectivity index (χ3v) is 4.87. The molecule has 1 amide bonds. The highest BCUT2D eigenvalue weighted by molar-refractivity contribution is 5.94. The lowest BCUT2D eigenvalue weighted by Gasteiger charge is -2.31. The predicted octanol–water partition coefficient (Wildman–Crippen LogP) is 3.73. The summed E-state index contributed by atoms with van der Waals surface area (Å²) < 4.78 is 5.31. The van der Waals surface area contributed by atoms with Gasteiger partial charge < -0.3 is 19.4 Å². The van der Waals surface area contributed by atoms with Crippen molar-refractivity contribution >= 4 is 5.91 Å². The standard InChI is InChI=1S/C19H26N2O3/c1-13-11-14(2)20-18(13)19(23)21-9-5-3-4-7-15(21)12-16(22)17-8-6-10-24-17/h6,8,10-11,15-16,20,22H,3-5,7,9,12H2,1-2H3/t15-,16-/m1/s1. The minimum atomic E-state index is -0.676. The van der Waals surface area contributed by atoms with Crippen LogP contribution in [0.4, 0.5) is 0 Å². The number of hydrogen-bond donors (Lipinski definition) is 2. The zero-order valence-electron chi connectivity index (χ0n) is 14.4. The van der Waals surface area contributed by atoms with Gasteiger partial charge >= 0.3 is 0 Å². The van der Waals surface area contributed by atoms with Crippen molar-refractivity contribution in [3.8, 4) is 0 Å². The molecule has 1 aliphatic heterocycles. The lowest BCUT2D eigenvalue weighted by atomic mass is 10.0. The zero-order chi connectivity index (χ0) is 17.1. The van der Waals surface area contributed by atoms with Gasteiger partial charge in [0.05, 0.1) is 6.26 Å². The summed E-state index contributed by atoms with van der Waals surface area (Å²) in [7, 11) is 0. The molecule has 0 spiro atoms. The summed E-state index contributed by atoms with van der Waals surface area (Å²) >= 11 is 0. The van der Waals surface area contributed by atoms with Gasteiger partial charge in [-0.05, 0) is 50.5 Å². The highest BCUT2D eigenvalue weighted by atomic mass is 16.4. The normalized spacial score (nSPS) is 20.0. The van der Waals surface area contributed by atoms with Crippen LogP contribution >= 0.6 is 0 Å². The predicted molar refractivity (Wildman–Crippen MR) is 91.8 cm³/mol. The van der Waals surface area contributed by atoms with Crippen LogP contribution in [-0.2, 0) is 0 Å². The molecule has 24 heavy (non-hydrogen) atoms. The van der Waals surface area contributed by atoms with E-state index in [2.05, 4.69) is 4.98 Å². The molecule has 0 aromatic carbocycles. The molecule has 5 nitrogen and oxygen atoms in total. The summed E-state index contributed by atoms with van der Waals surface area (Å²) in [4.78, 5) is 18.2. The fourth-order valence-corrected chi connectivity index (χ4v) is 3.64. The molecule has 5 heteroatoms. The fourth-order valence-electron chi connectivity index (χ4n) is 3.64. The first-order chi connectivity index (χ1) is 11.6. The number of aliphatic hydroxyl groups is 1. The topological polar surface area (TPSA) is 69.5 Å². The van der Waals surface area contributed by atoms with E-state index in [9.17, 15) is 9.90 Å². The van der Waals surface area contributed by atoms with Crippen LogP contribution in [0.2, 0.25) is 0 Å². The zero-order valence-corrected chi connectivity index (χ0v) is 14.4. The molecular formula is C19H26N2O3. The maximum Gasteiger partial charge on any atom is 0.270 e. The van der Waals surface area contributed by atoms with Crippen molar-refractivity contribution in [1.82, 2.24) is 9.88 Å². The van der Waals surface area contributed by atoms with Crippen molar-refractivity contribution in [2.24, 2.45) is 0 Å². The van der Waals surface area contributed by atoms with E-state index in [0.717, 1.165) is 43.5 Å². The number of amides is 1. The molecule has 130 valence electrons. The molecule has 0 bridgehead atoms. The lowest BCUT2D eigenvalue weighted by molar-refractivity contribution is 0.0552. The highest BCUT2D eigenvalue weighted by Crippen LogP contribution is 2.28. The van der Waals surface area contributed by atoms with Crippen molar-refractivity contribution in [2.45, 2.75) is 58.1 Å². The van der Waals surface area contributed by atoms with Crippen molar-refractivity contribution in [3.05, 3.63) is 47.2 Å². The number of nitrogens with zero attached hydrogens (tertiary/aromatic N) is 1. The number of carbonyl (C=O) groups is 1. The van der Waals surface area contributed by atoms with Crippen LogP contribution in [0.25, 0.3) is 0 Å². The van der Waals surface area contributed by atoms with Crippen molar-refractivity contribution in [3.63, 3.8) is 0 Å². The molecule has 0 radical (unpaired) electrons. The molecule has 3 heterocycles. The van der Waals surface area contributed by atoms with Crippen LogP contribution in [0, 0.1) is 13.8 Å². The average Bonchev–Trinajstić information content (AvgIpc) is 3.13. The Morgan fingerprint density at radius 2 is 2.25 bits per heavy atom. The molecule has 2 atom stereocenters. The molecule has 1 aliphatic rings. The Labute approximate surface area is 142 Å². The monoisotopic (exact) mass is 330 g/mol. The molecule has 0 unspecified atom stereocenters. The number of aryl methyl sites for hydroxylation is 2. The maximum atomic E-state index is 13.1. The largest absolute Gasteiger partial charge is 0.467 e. The number of rotatable bonds is 4. The summed E-state index contributed by atoms with van der Waals surface area (Å²) in [5.41, 5.74) is 2.65. The Bertz CT molecular complexity index is 675.